The fraction of sp³-hybridized carbons (Fsp3) is 0.455. The van der Waals surface area contributed by atoms with Crippen molar-refractivity contribution in [2.24, 2.45) is 5.92 Å². The Hall–Kier alpha value is -2.36. The highest BCUT2D eigenvalue weighted by molar-refractivity contribution is 5.87. The molecular weight excluding hydrogens is 320 g/mol. The van der Waals surface area contributed by atoms with E-state index in [2.05, 4.69) is 64.0 Å². The van der Waals surface area contributed by atoms with Crippen LogP contribution in [-0.2, 0) is 12.8 Å². The lowest BCUT2D eigenvalue weighted by molar-refractivity contribution is 0.634. The van der Waals surface area contributed by atoms with E-state index in [1.807, 2.05) is 6.92 Å². The van der Waals surface area contributed by atoms with Gasteiger partial charge in [0.15, 0.2) is 0 Å². The highest BCUT2D eigenvalue weighted by Gasteiger charge is 2.18. The summed E-state index contributed by atoms with van der Waals surface area (Å²) in [5.74, 6) is 1.34. The number of allylic oxidation sites excluding steroid dienone is 4. The third-order valence-electron chi connectivity index (χ3n) is 4.37. The van der Waals surface area contributed by atoms with Crippen LogP contribution in [0, 0.1) is 11.3 Å². The van der Waals surface area contributed by atoms with E-state index in [1.54, 1.807) is 0 Å². The molecule has 4 nitrogen and oxygen atoms in total. The number of aromatic nitrogens is 1. The number of nitrogens with one attached hydrogen (secondary N) is 3. The normalized spacial score (nSPS) is 14.6. The number of pyridine rings is 1. The van der Waals surface area contributed by atoms with E-state index in [1.165, 1.54) is 17.4 Å². The molecule has 1 aromatic rings. The van der Waals surface area contributed by atoms with Crippen LogP contribution >= 0.6 is 0 Å². The first kappa shape index (κ1) is 20.0. The molecule has 0 atom stereocenters. The minimum Gasteiger partial charge on any atom is -0.367 e. The van der Waals surface area contributed by atoms with Crippen LogP contribution in [-0.4, -0.2) is 17.2 Å². The molecule has 1 aromatic heterocycles. The summed E-state index contributed by atoms with van der Waals surface area (Å²) in [5.41, 5.74) is 7.53. The van der Waals surface area contributed by atoms with Crippen LogP contribution in [0.1, 0.15) is 58.4 Å². The quantitative estimate of drug-likeness (QED) is 0.607. The average Bonchev–Trinajstić information content (AvgIpc) is 2.49. The lowest BCUT2D eigenvalue weighted by atomic mass is 9.92. The summed E-state index contributed by atoms with van der Waals surface area (Å²) in [4.78, 5) is 4.80. The second-order valence-corrected chi connectivity index (χ2v) is 7.85. The number of hydrogen-bond acceptors (Lipinski definition) is 4. The summed E-state index contributed by atoms with van der Waals surface area (Å²) < 4.78 is 0. The molecule has 0 aromatic carbocycles. The number of dihydropyridines is 1. The van der Waals surface area contributed by atoms with E-state index in [0.717, 1.165) is 46.9 Å². The van der Waals surface area contributed by atoms with Crippen molar-refractivity contribution >= 4 is 12.0 Å². The lowest BCUT2D eigenvalue weighted by Crippen LogP contribution is -2.19. The molecule has 0 radical (unpaired) electrons. The number of hydrogen-bond donors (Lipinski definition) is 3. The van der Waals surface area contributed by atoms with Crippen molar-refractivity contribution in [1.82, 2.24) is 10.3 Å². The highest BCUT2D eigenvalue weighted by atomic mass is 15.0. The highest BCUT2D eigenvalue weighted by Crippen LogP contribution is 2.28. The van der Waals surface area contributed by atoms with Gasteiger partial charge in [0, 0.05) is 41.3 Å². The van der Waals surface area contributed by atoms with E-state index >= 15 is 0 Å². The zero-order chi connectivity index (χ0) is 19.4. The Morgan fingerprint density at radius 3 is 2.50 bits per heavy atom. The zero-order valence-corrected chi connectivity index (χ0v) is 17.0. The van der Waals surface area contributed by atoms with Gasteiger partial charge in [-0.15, -0.1) is 0 Å². The van der Waals surface area contributed by atoms with Gasteiger partial charge in [0.2, 0.25) is 0 Å². The van der Waals surface area contributed by atoms with Gasteiger partial charge in [-0.05, 0) is 68.9 Å². The van der Waals surface area contributed by atoms with Gasteiger partial charge in [-0.3, -0.25) is 0 Å². The Kier molecular flexibility index (Phi) is 6.41. The van der Waals surface area contributed by atoms with Gasteiger partial charge >= 0.3 is 0 Å². The second-order valence-electron chi connectivity index (χ2n) is 7.85. The summed E-state index contributed by atoms with van der Waals surface area (Å²) >= 11 is 0. The summed E-state index contributed by atoms with van der Waals surface area (Å²) in [5, 5.41) is 14.7. The summed E-state index contributed by atoms with van der Waals surface area (Å²) in [7, 11) is 0. The van der Waals surface area contributed by atoms with Gasteiger partial charge in [0.25, 0.3) is 0 Å². The van der Waals surface area contributed by atoms with Gasteiger partial charge in [0.1, 0.15) is 5.82 Å². The summed E-state index contributed by atoms with van der Waals surface area (Å²) in [6.07, 6.45) is 5.24. The van der Waals surface area contributed by atoms with Crippen LogP contribution < -0.4 is 10.6 Å². The molecule has 0 unspecified atom stereocenters. The van der Waals surface area contributed by atoms with Crippen molar-refractivity contribution in [3.8, 4) is 0 Å². The van der Waals surface area contributed by atoms with Crippen LogP contribution in [0.25, 0.3) is 0 Å². The van der Waals surface area contributed by atoms with Crippen molar-refractivity contribution in [3.63, 3.8) is 0 Å². The molecule has 0 amide bonds. The fourth-order valence-electron chi connectivity index (χ4n) is 3.32. The molecule has 3 N–H and O–H groups in total. The zero-order valence-electron chi connectivity index (χ0n) is 17.0. The number of rotatable bonds is 7. The molecule has 2 heterocycles. The Balaban J connectivity index is 2.53. The molecule has 0 saturated heterocycles. The molecule has 0 bridgehead atoms. The van der Waals surface area contributed by atoms with E-state index < -0.39 is 0 Å². The van der Waals surface area contributed by atoms with E-state index in [-0.39, 0.29) is 6.04 Å². The Morgan fingerprint density at radius 1 is 1.27 bits per heavy atom. The molecule has 0 spiro atoms. The number of anilines is 1. The van der Waals surface area contributed by atoms with Crippen LogP contribution in [0.15, 0.2) is 41.3 Å². The van der Waals surface area contributed by atoms with Crippen molar-refractivity contribution < 1.29 is 0 Å². The molecule has 26 heavy (non-hydrogen) atoms. The smallest absolute Gasteiger partial charge is 0.135 e. The second kappa shape index (κ2) is 8.35. The van der Waals surface area contributed by atoms with Crippen molar-refractivity contribution in [2.45, 2.75) is 60.4 Å². The van der Waals surface area contributed by atoms with Gasteiger partial charge in [-0.25, -0.2) is 4.98 Å². The lowest BCUT2D eigenvalue weighted by Gasteiger charge is -2.23. The van der Waals surface area contributed by atoms with Crippen LogP contribution in [0.4, 0.5) is 5.82 Å². The molecule has 1 aliphatic heterocycles. The Labute approximate surface area is 158 Å². The molecule has 0 saturated carbocycles. The SMILES string of the molecule is C=C1NC(C)=CC(C)=C1Cc1cc(CC(C)C)nc(NC(C)C)c1C=N. The molecule has 140 valence electrons. The van der Waals surface area contributed by atoms with Crippen LogP contribution in [0.2, 0.25) is 0 Å². The summed E-state index contributed by atoms with van der Waals surface area (Å²) in [6, 6.07) is 2.42. The van der Waals surface area contributed by atoms with Crippen molar-refractivity contribution in [2.75, 3.05) is 5.32 Å². The van der Waals surface area contributed by atoms with Crippen molar-refractivity contribution in [3.05, 3.63) is 58.1 Å². The van der Waals surface area contributed by atoms with Gasteiger partial charge in [0.05, 0.1) is 0 Å². The third-order valence-corrected chi connectivity index (χ3v) is 4.37. The monoisotopic (exact) mass is 352 g/mol. The maximum Gasteiger partial charge on any atom is 0.135 e. The minimum absolute atomic E-state index is 0.265. The molecule has 0 aliphatic carbocycles. The molecule has 2 rings (SSSR count). The molecule has 0 fully saturated rings. The van der Waals surface area contributed by atoms with Gasteiger partial charge in [-0.2, -0.15) is 0 Å². The predicted octanol–water partition coefficient (Wildman–Crippen LogP) is 4.98. The maximum absolute atomic E-state index is 7.96. The van der Waals surface area contributed by atoms with E-state index in [0.29, 0.717) is 5.92 Å². The summed E-state index contributed by atoms with van der Waals surface area (Å²) in [6.45, 7) is 17.0. The Morgan fingerprint density at radius 2 is 1.96 bits per heavy atom. The Bertz CT molecular complexity index is 767. The first-order chi connectivity index (χ1) is 12.2. The topological polar surface area (TPSA) is 60.8 Å². The third kappa shape index (κ3) is 4.84. The van der Waals surface area contributed by atoms with E-state index in [4.69, 9.17) is 10.4 Å². The minimum atomic E-state index is 0.265. The van der Waals surface area contributed by atoms with Crippen molar-refractivity contribution in [1.29, 1.82) is 5.41 Å². The first-order valence-corrected chi connectivity index (χ1v) is 9.35. The molecule has 1 aliphatic rings. The molecule has 4 heteroatoms. The average molecular weight is 353 g/mol. The standard InChI is InChI=1S/C22H32N4/c1-13(2)8-19-10-18(21(12-23)22(26-19)24-14(3)4)11-20-15(5)9-16(6)25-17(20)7/h9-10,12-14,23,25H,7-8,11H2,1-6H3,(H,24,26). The van der Waals surface area contributed by atoms with Crippen LogP contribution in [0.3, 0.4) is 0 Å². The largest absolute Gasteiger partial charge is 0.367 e. The predicted molar refractivity (Wildman–Crippen MR) is 112 cm³/mol. The van der Waals surface area contributed by atoms with Crippen LogP contribution in [0.5, 0.6) is 0 Å². The van der Waals surface area contributed by atoms with E-state index in [9.17, 15) is 0 Å². The first-order valence-electron chi connectivity index (χ1n) is 9.35. The molecular formula is C22H32N4. The van der Waals surface area contributed by atoms with Gasteiger partial charge in [-0.1, -0.05) is 20.4 Å². The maximum atomic E-state index is 7.96. The fourth-order valence-corrected chi connectivity index (χ4v) is 3.32. The number of nitrogens with zero attached hydrogens (tertiary/aromatic N) is 1. The van der Waals surface area contributed by atoms with Gasteiger partial charge < -0.3 is 16.0 Å².